The Labute approximate surface area is 145 Å². The molecule has 25 heavy (non-hydrogen) atoms. The smallest absolute Gasteiger partial charge is 0.224 e. The van der Waals surface area contributed by atoms with Crippen molar-refractivity contribution in [2.45, 2.75) is 13.8 Å². The van der Waals surface area contributed by atoms with Crippen molar-refractivity contribution in [1.29, 1.82) is 0 Å². The SMILES string of the molecule is CNc1ncc2cc(-c3c(C)ccc(OC)c3C)c3nccn3c2n1. The average molecular weight is 333 g/mol. The Morgan fingerprint density at radius 2 is 1.96 bits per heavy atom. The molecule has 0 bridgehead atoms. The van der Waals surface area contributed by atoms with Crippen LogP contribution >= 0.6 is 0 Å². The van der Waals surface area contributed by atoms with Crippen molar-refractivity contribution < 1.29 is 4.74 Å². The Hall–Kier alpha value is -3.15. The number of aromatic nitrogens is 4. The van der Waals surface area contributed by atoms with Crippen molar-refractivity contribution in [1.82, 2.24) is 19.4 Å². The number of methoxy groups -OCH3 is 1. The van der Waals surface area contributed by atoms with Gasteiger partial charge in [0.2, 0.25) is 5.95 Å². The van der Waals surface area contributed by atoms with Crippen LogP contribution in [0.15, 0.2) is 36.8 Å². The molecule has 0 unspecified atom stereocenters. The number of nitrogens with zero attached hydrogens (tertiary/aromatic N) is 4. The van der Waals surface area contributed by atoms with Crippen LogP contribution in [0.3, 0.4) is 0 Å². The highest BCUT2D eigenvalue weighted by Gasteiger charge is 2.16. The topological polar surface area (TPSA) is 64.3 Å². The van der Waals surface area contributed by atoms with Crippen LogP contribution in [0.5, 0.6) is 5.75 Å². The second-order valence-electron chi connectivity index (χ2n) is 5.99. The number of rotatable bonds is 3. The summed E-state index contributed by atoms with van der Waals surface area (Å²) in [7, 11) is 3.50. The van der Waals surface area contributed by atoms with Crippen LogP contribution in [0.25, 0.3) is 27.8 Å². The number of anilines is 1. The Kier molecular flexibility index (Phi) is 3.53. The zero-order chi connectivity index (χ0) is 17.6. The molecule has 6 heteroatoms. The summed E-state index contributed by atoms with van der Waals surface area (Å²) in [5.74, 6) is 1.45. The maximum atomic E-state index is 5.51. The van der Waals surface area contributed by atoms with E-state index in [-0.39, 0.29) is 0 Å². The van der Waals surface area contributed by atoms with E-state index in [1.54, 1.807) is 13.3 Å². The molecule has 1 aromatic carbocycles. The van der Waals surface area contributed by atoms with Gasteiger partial charge in [-0.1, -0.05) is 6.07 Å². The van der Waals surface area contributed by atoms with E-state index in [4.69, 9.17) is 4.74 Å². The molecule has 0 amide bonds. The summed E-state index contributed by atoms with van der Waals surface area (Å²) in [5.41, 5.74) is 6.15. The average Bonchev–Trinajstić information content (AvgIpc) is 3.12. The molecule has 3 heterocycles. The molecule has 0 aliphatic heterocycles. The van der Waals surface area contributed by atoms with Gasteiger partial charge in [0.15, 0.2) is 5.65 Å². The quantitative estimate of drug-likeness (QED) is 0.620. The van der Waals surface area contributed by atoms with Gasteiger partial charge < -0.3 is 10.1 Å². The molecule has 0 saturated heterocycles. The highest BCUT2D eigenvalue weighted by molar-refractivity contribution is 5.92. The lowest BCUT2D eigenvalue weighted by molar-refractivity contribution is 0.412. The molecule has 0 atom stereocenters. The summed E-state index contributed by atoms with van der Waals surface area (Å²) in [6.07, 6.45) is 5.56. The predicted molar refractivity (Wildman–Crippen MR) is 99.3 cm³/mol. The third-order valence-corrected chi connectivity index (χ3v) is 4.54. The predicted octanol–water partition coefficient (Wildman–Crippen LogP) is 3.61. The third-order valence-electron chi connectivity index (χ3n) is 4.54. The van der Waals surface area contributed by atoms with E-state index < -0.39 is 0 Å². The molecular formula is C19H19N5O. The van der Waals surface area contributed by atoms with Crippen molar-refractivity contribution in [2.24, 2.45) is 0 Å². The molecule has 4 rings (SSSR count). The fraction of sp³-hybridized carbons (Fsp3) is 0.211. The Morgan fingerprint density at radius 1 is 1.12 bits per heavy atom. The summed E-state index contributed by atoms with van der Waals surface area (Å²) >= 11 is 0. The van der Waals surface area contributed by atoms with E-state index in [0.29, 0.717) is 5.95 Å². The fourth-order valence-electron chi connectivity index (χ4n) is 3.34. The fourth-order valence-corrected chi connectivity index (χ4v) is 3.34. The number of ether oxygens (including phenoxy) is 1. The van der Waals surface area contributed by atoms with Gasteiger partial charge in [-0.25, -0.2) is 9.97 Å². The van der Waals surface area contributed by atoms with Crippen LogP contribution in [-0.2, 0) is 0 Å². The zero-order valence-electron chi connectivity index (χ0n) is 14.7. The monoisotopic (exact) mass is 333 g/mol. The van der Waals surface area contributed by atoms with Crippen LogP contribution in [0.4, 0.5) is 5.95 Å². The molecule has 0 saturated carbocycles. The second-order valence-corrected chi connectivity index (χ2v) is 5.99. The van der Waals surface area contributed by atoms with E-state index >= 15 is 0 Å². The van der Waals surface area contributed by atoms with Crippen molar-refractivity contribution in [3.05, 3.63) is 47.9 Å². The lowest BCUT2D eigenvalue weighted by atomic mass is 9.95. The molecule has 3 aromatic heterocycles. The minimum atomic E-state index is 0.587. The highest BCUT2D eigenvalue weighted by Crippen LogP contribution is 2.36. The van der Waals surface area contributed by atoms with Crippen molar-refractivity contribution in [3.63, 3.8) is 0 Å². The summed E-state index contributed by atoms with van der Waals surface area (Å²) in [4.78, 5) is 13.5. The van der Waals surface area contributed by atoms with E-state index in [1.165, 1.54) is 5.56 Å². The molecule has 126 valence electrons. The first kappa shape index (κ1) is 15.4. The molecule has 4 aromatic rings. The standard InChI is InChI=1S/C19H19N5O/c1-11-5-6-15(25-4)12(2)16(11)14-9-13-10-22-19(20-3)23-17(13)24-8-7-21-18(14)24/h5-10H,1-4H3,(H,20,22,23). The minimum absolute atomic E-state index is 0.587. The number of hydrogen-bond acceptors (Lipinski definition) is 5. The molecule has 0 radical (unpaired) electrons. The number of benzene rings is 1. The van der Waals surface area contributed by atoms with Crippen LogP contribution in [0, 0.1) is 13.8 Å². The van der Waals surface area contributed by atoms with Crippen LogP contribution in [0.1, 0.15) is 11.1 Å². The van der Waals surface area contributed by atoms with Gasteiger partial charge in [-0.15, -0.1) is 0 Å². The number of pyridine rings is 1. The van der Waals surface area contributed by atoms with E-state index in [2.05, 4.69) is 46.2 Å². The number of aryl methyl sites for hydroxylation is 1. The summed E-state index contributed by atoms with van der Waals surface area (Å²) in [5, 5.41) is 3.94. The first-order valence-electron chi connectivity index (χ1n) is 8.09. The summed E-state index contributed by atoms with van der Waals surface area (Å²) < 4.78 is 7.52. The van der Waals surface area contributed by atoms with Gasteiger partial charge in [0.05, 0.1) is 7.11 Å². The third kappa shape index (κ3) is 2.29. The normalized spacial score (nSPS) is 11.2. The van der Waals surface area contributed by atoms with Crippen LogP contribution in [-0.4, -0.2) is 33.5 Å². The largest absolute Gasteiger partial charge is 0.496 e. The van der Waals surface area contributed by atoms with Crippen LogP contribution < -0.4 is 10.1 Å². The molecular weight excluding hydrogens is 314 g/mol. The maximum Gasteiger partial charge on any atom is 0.224 e. The van der Waals surface area contributed by atoms with Gasteiger partial charge in [0.25, 0.3) is 0 Å². The first-order chi connectivity index (χ1) is 12.1. The van der Waals surface area contributed by atoms with Crippen molar-refractivity contribution in [3.8, 4) is 16.9 Å². The van der Waals surface area contributed by atoms with Crippen molar-refractivity contribution in [2.75, 3.05) is 19.5 Å². The maximum absolute atomic E-state index is 5.51. The number of fused-ring (bicyclic) bond motifs is 3. The Balaban J connectivity index is 2.11. The molecule has 0 spiro atoms. The lowest BCUT2D eigenvalue weighted by Gasteiger charge is -2.15. The highest BCUT2D eigenvalue weighted by atomic mass is 16.5. The molecule has 0 aliphatic carbocycles. The van der Waals surface area contributed by atoms with E-state index in [9.17, 15) is 0 Å². The lowest BCUT2D eigenvalue weighted by Crippen LogP contribution is -2.01. The molecule has 0 aliphatic rings. The van der Waals surface area contributed by atoms with Gasteiger partial charge in [-0.3, -0.25) is 4.40 Å². The minimum Gasteiger partial charge on any atom is -0.496 e. The summed E-state index contributed by atoms with van der Waals surface area (Å²) in [6.45, 7) is 4.18. The van der Waals surface area contributed by atoms with Gasteiger partial charge in [0, 0.05) is 36.6 Å². The number of imidazole rings is 1. The number of nitrogens with one attached hydrogen (secondary N) is 1. The zero-order valence-corrected chi connectivity index (χ0v) is 14.7. The van der Waals surface area contributed by atoms with Gasteiger partial charge in [0.1, 0.15) is 11.4 Å². The molecule has 6 nitrogen and oxygen atoms in total. The van der Waals surface area contributed by atoms with Gasteiger partial charge >= 0.3 is 0 Å². The van der Waals surface area contributed by atoms with Gasteiger partial charge in [-0.05, 0) is 42.7 Å². The van der Waals surface area contributed by atoms with E-state index in [1.807, 2.05) is 29.9 Å². The first-order valence-corrected chi connectivity index (χ1v) is 8.09. The second kappa shape index (κ2) is 5.73. The molecule has 1 N–H and O–H groups in total. The van der Waals surface area contributed by atoms with Crippen LogP contribution in [0.2, 0.25) is 0 Å². The van der Waals surface area contributed by atoms with Crippen molar-refractivity contribution >= 4 is 22.6 Å². The van der Waals surface area contributed by atoms with Gasteiger partial charge in [-0.2, -0.15) is 4.98 Å². The van der Waals surface area contributed by atoms with E-state index in [0.717, 1.165) is 39.1 Å². The molecule has 0 fully saturated rings. The summed E-state index contributed by atoms with van der Waals surface area (Å²) in [6, 6.07) is 6.18. The number of hydrogen-bond donors (Lipinski definition) is 1. The Bertz CT molecular complexity index is 1100. The Morgan fingerprint density at radius 3 is 2.72 bits per heavy atom.